The van der Waals surface area contributed by atoms with Gasteiger partial charge in [0.2, 0.25) is 5.89 Å². The Hall–Kier alpha value is -2.69. The lowest BCUT2D eigenvalue weighted by Gasteiger charge is -1.98. The van der Waals surface area contributed by atoms with E-state index in [4.69, 9.17) is 4.42 Å². The van der Waals surface area contributed by atoms with Gasteiger partial charge in [-0.05, 0) is 25.5 Å². The van der Waals surface area contributed by atoms with Gasteiger partial charge in [-0.1, -0.05) is 24.6 Å². The summed E-state index contributed by atoms with van der Waals surface area (Å²) in [4.78, 5) is 15.0. The largest absolute Gasteiger partial charge is 0.436 e. The fourth-order valence-electron chi connectivity index (χ4n) is 2.27. The number of fused-ring (bicyclic) bond motifs is 1. The van der Waals surface area contributed by atoms with Crippen LogP contribution in [-0.2, 0) is 6.42 Å². The molecular weight excluding hydrogens is 268 g/mol. The van der Waals surface area contributed by atoms with E-state index in [9.17, 15) is 10.1 Å². The quantitative estimate of drug-likeness (QED) is 0.531. The lowest BCUT2D eigenvalue weighted by Crippen LogP contribution is -1.90. The van der Waals surface area contributed by atoms with Crippen molar-refractivity contribution in [3.05, 3.63) is 57.6 Å². The molecule has 0 spiro atoms. The lowest BCUT2D eigenvalue weighted by molar-refractivity contribution is -0.384. The first kappa shape index (κ1) is 13.3. The van der Waals surface area contributed by atoms with Crippen LogP contribution in [0.1, 0.15) is 18.1 Å². The molecule has 0 aliphatic heterocycles. The van der Waals surface area contributed by atoms with Crippen LogP contribution in [0.15, 0.2) is 40.8 Å². The van der Waals surface area contributed by atoms with E-state index >= 15 is 0 Å². The summed E-state index contributed by atoms with van der Waals surface area (Å²) >= 11 is 0. The number of aryl methyl sites for hydroxylation is 2. The van der Waals surface area contributed by atoms with Crippen molar-refractivity contribution in [3.8, 4) is 11.5 Å². The fraction of sp³-hybridized carbons (Fsp3) is 0.188. The van der Waals surface area contributed by atoms with Gasteiger partial charge in [0.1, 0.15) is 5.52 Å². The highest BCUT2D eigenvalue weighted by Gasteiger charge is 2.16. The minimum atomic E-state index is -0.404. The van der Waals surface area contributed by atoms with Crippen LogP contribution in [-0.4, -0.2) is 9.91 Å². The van der Waals surface area contributed by atoms with Gasteiger partial charge in [-0.15, -0.1) is 0 Å². The number of aromatic nitrogens is 1. The van der Waals surface area contributed by atoms with Crippen LogP contribution in [0.2, 0.25) is 0 Å². The number of rotatable bonds is 3. The number of hydrogen-bond donors (Lipinski definition) is 0. The number of oxazole rings is 1. The molecule has 106 valence electrons. The van der Waals surface area contributed by atoms with Crippen molar-refractivity contribution in [2.75, 3.05) is 0 Å². The van der Waals surface area contributed by atoms with Gasteiger partial charge >= 0.3 is 0 Å². The molecule has 0 radical (unpaired) electrons. The zero-order chi connectivity index (χ0) is 15.0. The SMILES string of the molecule is CCc1cc([N+](=O)[O-])cc2nc(-c3ccc(C)cc3)oc12. The number of hydrogen-bond acceptors (Lipinski definition) is 4. The van der Waals surface area contributed by atoms with E-state index in [2.05, 4.69) is 4.98 Å². The third kappa shape index (κ3) is 2.38. The Labute approximate surface area is 121 Å². The van der Waals surface area contributed by atoms with Crippen LogP contribution >= 0.6 is 0 Å². The molecule has 0 fully saturated rings. The third-order valence-electron chi connectivity index (χ3n) is 3.44. The second kappa shape index (κ2) is 5.01. The van der Waals surface area contributed by atoms with Gasteiger partial charge in [0, 0.05) is 23.3 Å². The molecule has 21 heavy (non-hydrogen) atoms. The van der Waals surface area contributed by atoms with Crippen LogP contribution in [0.25, 0.3) is 22.6 Å². The molecule has 0 unspecified atom stereocenters. The van der Waals surface area contributed by atoms with Gasteiger partial charge in [-0.2, -0.15) is 0 Å². The Morgan fingerprint density at radius 3 is 2.57 bits per heavy atom. The molecule has 5 nitrogen and oxygen atoms in total. The predicted octanol–water partition coefficient (Wildman–Crippen LogP) is 4.27. The molecule has 3 rings (SSSR count). The first-order chi connectivity index (χ1) is 10.1. The molecule has 3 aromatic rings. The molecule has 0 bridgehead atoms. The summed E-state index contributed by atoms with van der Waals surface area (Å²) in [7, 11) is 0. The first-order valence-electron chi connectivity index (χ1n) is 6.73. The molecule has 0 saturated carbocycles. The monoisotopic (exact) mass is 282 g/mol. The molecule has 1 heterocycles. The van der Waals surface area contributed by atoms with Crippen molar-refractivity contribution < 1.29 is 9.34 Å². The Bertz CT molecular complexity index is 819. The maximum absolute atomic E-state index is 11.0. The van der Waals surface area contributed by atoms with Gasteiger partial charge in [0.05, 0.1) is 4.92 Å². The highest BCUT2D eigenvalue weighted by atomic mass is 16.6. The van der Waals surface area contributed by atoms with E-state index in [1.54, 1.807) is 6.07 Å². The Kier molecular flexibility index (Phi) is 3.17. The maximum Gasteiger partial charge on any atom is 0.272 e. The highest BCUT2D eigenvalue weighted by molar-refractivity contribution is 5.82. The van der Waals surface area contributed by atoms with Gasteiger partial charge in [0.15, 0.2) is 5.58 Å². The molecular formula is C16H14N2O3. The average molecular weight is 282 g/mol. The summed E-state index contributed by atoms with van der Waals surface area (Å²) in [6.07, 6.45) is 0.653. The van der Waals surface area contributed by atoms with Crippen LogP contribution in [0.5, 0.6) is 0 Å². The standard InChI is InChI=1S/C16H14N2O3/c1-3-11-8-13(18(19)20)9-14-15(11)21-16(17-14)12-6-4-10(2)5-7-12/h4-9H,3H2,1-2H3. The van der Waals surface area contributed by atoms with Gasteiger partial charge in [-0.3, -0.25) is 10.1 Å². The van der Waals surface area contributed by atoms with Crippen molar-refractivity contribution in [2.45, 2.75) is 20.3 Å². The van der Waals surface area contributed by atoms with Crippen LogP contribution in [0.4, 0.5) is 5.69 Å². The average Bonchev–Trinajstić information content (AvgIpc) is 2.90. The van der Waals surface area contributed by atoms with Crippen LogP contribution < -0.4 is 0 Å². The summed E-state index contributed by atoms with van der Waals surface area (Å²) in [5, 5.41) is 11.0. The Morgan fingerprint density at radius 2 is 1.95 bits per heavy atom. The lowest BCUT2D eigenvalue weighted by atomic mass is 10.1. The van der Waals surface area contributed by atoms with E-state index in [-0.39, 0.29) is 5.69 Å². The fourth-order valence-corrected chi connectivity index (χ4v) is 2.27. The third-order valence-corrected chi connectivity index (χ3v) is 3.44. The van der Waals surface area contributed by atoms with Gasteiger partial charge in [-0.25, -0.2) is 4.98 Å². The number of nitrogens with zero attached hydrogens (tertiary/aromatic N) is 2. The minimum Gasteiger partial charge on any atom is -0.436 e. The summed E-state index contributed by atoms with van der Waals surface area (Å²) in [6, 6.07) is 10.8. The molecule has 0 amide bonds. The van der Waals surface area contributed by atoms with Gasteiger partial charge < -0.3 is 4.42 Å². The summed E-state index contributed by atoms with van der Waals surface area (Å²) < 4.78 is 5.82. The van der Waals surface area contributed by atoms with E-state index in [0.717, 1.165) is 16.7 Å². The highest BCUT2D eigenvalue weighted by Crippen LogP contribution is 2.30. The maximum atomic E-state index is 11.0. The molecule has 0 aliphatic rings. The molecule has 5 heteroatoms. The van der Waals surface area contributed by atoms with Crippen molar-refractivity contribution in [1.29, 1.82) is 0 Å². The summed E-state index contributed by atoms with van der Waals surface area (Å²) in [5.41, 5.74) is 4.00. The number of non-ortho nitro benzene ring substituents is 1. The molecule has 0 saturated heterocycles. The van der Waals surface area contributed by atoms with E-state index in [1.807, 2.05) is 38.1 Å². The second-order valence-electron chi connectivity index (χ2n) is 4.95. The topological polar surface area (TPSA) is 69.2 Å². The van der Waals surface area contributed by atoms with Crippen LogP contribution in [0, 0.1) is 17.0 Å². The molecule has 0 aliphatic carbocycles. The van der Waals surface area contributed by atoms with Crippen molar-refractivity contribution in [1.82, 2.24) is 4.98 Å². The normalized spacial score (nSPS) is 11.0. The molecule has 0 atom stereocenters. The smallest absolute Gasteiger partial charge is 0.272 e. The number of benzene rings is 2. The van der Waals surface area contributed by atoms with Gasteiger partial charge in [0.25, 0.3) is 5.69 Å². The summed E-state index contributed by atoms with van der Waals surface area (Å²) in [5.74, 6) is 0.486. The van der Waals surface area contributed by atoms with Crippen LogP contribution in [0.3, 0.4) is 0 Å². The Morgan fingerprint density at radius 1 is 1.24 bits per heavy atom. The predicted molar refractivity (Wildman–Crippen MR) is 80.2 cm³/mol. The Balaban J connectivity index is 2.19. The molecule has 2 aromatic carbocycles. The zero-order valence-electron chi connectivity index (χ0n) is 11.8. The van der Waals surface area contributed by atoms with Crippen molar-refractivity contribution >= 4 is 16.8 Å². The molecule has 1 aromatic heterocycles. The summed E-state index contributed by atoms with van der Waals surface area (Å²) in [6.45, 7) is 3.95. The number of nitro benzene ring substituents is 1. The van der Waals surface area contributed by atoms with E-state index in [1.165, 1.54) is 6.07 Å². The minimum absolute atomic E-state index is 0.0445. The second-order valence-corrected chi connectivity index (χ2v) is 4.95. The van der Waals surface area contributed by atoms with E-state index in [0.29, 0.717) is 23.4 Å². The number of nitro groups is 1. The van der Waals surface area contributed by atoms with Crippen molar-refractivity contribution in [2.24, 2.45) is 0 Å². The zero-order valence-corrected chi connectivity index (χ0v) is 11.8. The van der Waals surface area contributed by atoms with E-state index < -0.39 is 4.92 Å². The molecule has 0 N–H and O–H groups in total. The first-order valence-corrected chi connectivity index (χ1v) is 6.73. The van der Waals surface area contributed by atoms with Crippen molar-refractivity contribution in [3.63, 3.8) is 0 Å².